The van der Waals surface area contributed by atoms with Gasteiger partial charge in [0.05, 0.1) is 18.7 Å². The molecule has 1 atom stereocenters. The Kier molecular flexibility index (Phi) is 3.06. The molecule has 1 unspecified atom stereocenters. The number of aromatic nitrogens is 2. The van der Waals surface area contributed by atoms with Crippen molar-refractivity contribution >= 4 is 0 Å². The Bertz CT molecular complexity index is 266. The number of hydrogen-bond acceptors (Lipinski definition) is 3. The van der Waals surface area contributed by atoms with Gasteiger partial charge in [-0.25, -0.2) is 0 Å². The van der Waals surface area contributed by atoms with Crippen LogP contribution < -0.4 is 5.32 Å². The molecule has 4 nitrogen and oxygen atoms in total. The number of aliphatic hydroxyl groups excluding tert-OH is 1. The van der Waals surface area contributed by atoms with Crippen LogP contribution in [-0.2, 0) is 6.54 Å². The van der Waals surface area contributed by atoms with E-state index in [-0.39, 0.29) is 12.1 Å². The molecule has 1 aromatic rings. The first-order chi connectivity index (χ1) is 6.11. The maximum atomic E-state index is 9.17. The van der Waals surface area contributed by atoms with Gasteiger partial charge in [-0.3, -0.25) is 4.68 Å². The molecule has 0 amide bonds. The molecule has 0 bridgehead atoms. The number of nitrogens with one attached hydrogen (secondary N) is 1. The van der Waals surface area contributed by atoms with Gasteiger partial charge < -0.3 is 10.4 Å². The fourth-order valence-corrected chi connectivity index (χ4v) is 1.10. The lowest BCUT2D eigenvalue weighted by Gasteiger charge is -2.27. The van der Waals surface area contributed by atoms with Crippen molar-refractivity contribution in [1.82, 2.24) is 15.1 Å². The molecule has 0 aliphatic rings. The predicted molar refractivity (Wildman–Crippen MR) is 51.5 cm³/mol. The maximum Gasteiger partial charge on any atom is 0.0628 e. The fraction of sp³-hybridized carbons (Fsp3) is 0.667. The van der Waals surface area contributed by atoms with E-state index in [1.807, 2.05) is 31.6 Å². The van der Waals surface area contributed by atoms with E-state index in [4.69, 9.17) is 0 Å². The van der Waals surface area contributed by atoms with Crippen molar-refractivity contribution in [2.24, 2.45) is 0 Å². The summed E-state index contributed by atoms with van der Waals surface area (Å²) in [7, 11) is 1.84. The molecule has 0 radical (unpaired) electrons. The van der Waals surface area contributed by atoms with Gasteiger partial charge in [-0.1, -0.05) is 0 Å². The van der Waals surface area contributed by atoms with Crippen molar-refractivity contribution < 1.29 is 5.11 Å². The van der Waals surface area contributed by atoms with Crippen molar-refractivity contribution in [3.63, 3.8) is 0 Å². The second-order valence-electron chi connectivity index (χ2n) is 3.60. The standard InChI is InChI=1S/C9H17N3O/c1-8-4-5-11-12(8)6-9(2,7-13)10-3/h4-5,10,13H,6-7H2,1-3H3. The lowest BCUT2D eigenvalue weighted by molar-refractivity contribution is 0.160. The van der Waals surface area contributed by atoms with Gasteiger partial charge in [-0.05, 0) is 27.0 Å². The number of nitrogens with zero attached hydrogens (tertiary/aromatic N) is 2. The zero-order valence-corrected chi connectivity index (χ0v) is 8.41. The van der Waals surface area contributed by atoms with Crippen molar-refractivity contribution in [3.05, 3.63) is 18.0 Å². The summed E-state index contributed by atoms with van der Waals surface area (Å²) in [6.45, 7) is 4.75. The minimum Gasteiger partial charge on any atom is -0.394 e. The highest BCUT2D eigenvalue weighted by molar-refractivity contribution is 4.98. The highest BCUT2D eigenvalue weighted by Crippen LogP contribution is 2.07. The van der Waals surface area contributed by atoms with E-state index in [9.17, 15) is 5.11 Å². The predicted octanol–water partition coefficient (Wildman–Crippen LogP) is 0.162. The SMILES string of the molecule is CNC(C)(CO)Cn1nccc1C. The quantitative estimate of drug-likeness (QED) is 0.699. The van der Waals surface area contributed by atoms with Crippen LogP contribution in [0, 0.1) is 6.92 Å². The molecule has 2 N–H and O–H groups in total. The van der Waals surface area contributed by atoms with Crippen LogP contribution in [0.3, 0.4) is 0 Å². The molecule has 0 aliphatic carbocycles. The third-order valence-corrected chi connectivity index (χ3v) is 2.38. The maximum absolute atomic E-state index is 9.17. The summed E-state index contributed by atoms with van der Waals surface area (Å²) >= 11 is 0. The van der Waals surface area contributed by atoms with E-state index in [0.29, 0.717) is 6.54 Å². The van der Waals surface area contributed by atoms with Crippen LogP contribution in [0.15, 0.2) is 12.3 Å². The van der Waals surface area contributed by atoms with E-state index in [0.717, 1.165) is 5.69 Å². The summed E-state index contributed by atoms with van der Waals surface area (Å²) in [5.74, 6) is 0. The van der Waals surface area contributed by atoms with Crippen molar-refractivity contribution in [2.75, 3.05) is 13.7 Å². The summed E-state index contributed by atoms with van der Waals surface area (Å²) in [6, 6.07) is 1.95. The highest BCUT2D eigenvalue weighted by Gasteiger charge is 2.22. The molecule has 1 aromatic heterocycles. The Morgan fingerprint density at radius 1 is 1.69 bits per heavy atom. The van der Waals surface area contributed by atoms with Crippen molar-refractivity contribution in [2.45, 2.75) is 25.9 Å². The highest BCUT2D eigenvalue weighted by atomic mass is 16.3. The molecule has 13 heavy (non-hydrogen) atoms. The Balaban J connectivity index is 2.73. The zero-order chi connectivity index (χ0) is 9.90. The summed E-state index contributed by atoms with van der Waals surface area (Å²) in [5.41, 5.74) is 0.812. The molecular formula is C9H17N3O. The third-order valence-electron chi connectivity index (χ3n) is 2.38. The molecule has 1 rings (SSSR count). The van der Waals surface area contributed by atoms with Crippen molar-refractivity contribution in [3.8, 4) is 0 Å². The fourth-order valence-electron chi connectivity index (χ4n) is 1.10. The molecule has 0 fully saturated rings. The van der Waals surface area contributed by atoms with Crippen LogP contribution in [0.5, 0.6) is 0 Å². The number of rotatable bonds is 4. The van der Waals surface area contributed by atoms with Gasteiger partial charge in [0.15, 0.2) is 0 Å². The van der Waals surface area contributed by atoms with Gasteiger partial charge in [0.25, 0.3) is 0 Å². The molecular weight excluding hydrogens is 166 g/mol. The molecule has 4 heteroatoms. The average molecular weight is 183 g/mol. The average Bonchev–Trinajstić information content (AvgIpc) is 2.52. The van der Waals surface area contributed by atoms with Crippen LogP contribution in [0.4, 0.5) is 0 Å². The first-order valence-corrected chi connectivity index (χ1v) is 4.39. The monoisotopic (exact) mass is 183 g/mol. The van der Waals surface area contributed by atoms with E-state index in [1.54, 1.807) is 6.20 Å². The lowest BCUT2D eigenvalue weighted by Crippen LogP contribution is -2.47. The normalized spacial score (nSPS) is 15.7. The number of aliphatic hydroxyl groups is 1. The van der Waals surface area contributed by atoms with Gasteiger partial charge >= 0.3 is 0 Å². The van der Waals surface area contributed by atoms with Crippen LogP contribution in [0.1, 0.15) is 12.6 Å². The van der Waals surface area contributed by atoms with E-state index >= 15 is 0 Å². The third kappa shape index (κ3) is 2.29. The first kappa shape index (κ1) is 10.2. The van der Waals surface area contributed by atoms with Crippen LogP contribution in [0.2, 0.25) is 0 Å². The molecule has 0 saturated heterocycles. The second-order valence-corrected chi connectivity index (χ2v) is 3.60. The first-order valence-electron chi connectivity index (χ1n) is 4.39. The molecule has 0 aliphatic heterocycles. The molecule has 0 spiro atoms. The number of aryl methyl sites for hydroxylation is 1. The topological polar surface area (TPSA) is 50.1 Å². The van der Waals surface area contributed by atoms with E-state index in [1.165, 1.54) is 0 Å². The Labute approximate surface area is 78.6 Å². The number of likely N-dealkylation sites (N-methyl/N-ethyl adjacent to an activating group) is 1. The number of hydrogen-bond donors (Lipinski definition) is 2. The Morgan fingerprint density at radius 3 is 2.77 bits per heavy atom. The summed E-state index contributed by atoms with van der Waals surface area (Å²) in [4.78, 5) is 0. The largest absolute Gasteiger partial charge is 0.394 e. The van der Waals surface area contributed by atoms with Gasteiger partial charge in [0.1, 0.15) is 0 Å². The van der Waals surface area contributed by atoms with Gasteiger partial charge in [-0.15, -0.1) is 0 Å². The van der Waals surface area contributed by atoms with E-state index in [2.05, 4.69) is 10.4 Å². The van der Waals surface area contributed by atoms with Crippen LogP contribution in [0.25, 0.3) is 0 Å². The van der Waals surface area contributed by atoms with Crippen molar-refractivity contribution in [1.29, 1.82) is 0 Å². The summed E-state index contributed by atoms with van der Waals surface area (Å²) in [5, 5.41) is 16.4. The Morgan fingerprint density at radius 2 is 2.38 bits per heavy atom. The van der Waals surface area contributed by atoms with Gasteiger partial charge in [0.2, 0.25) is 0 Å². The molecule has 74 valence electrons. The lowest BCUT2D eigenvalue weighted by atomic mass is 10.0. The Hall–Kier alpha value is -0.870. The molecule has 0 saturated carbocycles. The molecule has 1 heterocycles. The molecule has 0 aromatic carbocycles. The second kappa shape index (κ2) is 3.89. The van der Waals surface area contributed by atoms with Crippen LogP contribution >= 0.6 is 0 Å². The summed E-state index contributed by atoms with van der Waals surface area (Å²) in [6.07, 6.45) is 1.77. The van der Waals surface area contributed by atoms with Gasteiger partial charge in [-0.2, -0.15) is 5.10 Å². The smallest absolute Gasteiger partial charge is 0.0628 e. The minimum absolute atomic E-state index is 0.100. The minimum atomic E-state index is -0.295. The zero-order valence-electron chi connectivity index (χ0n) is 8.41. The van der Waals surface area contributed by atoms with E-state index < -0.39 is 0 Å². The summed E-state index contributed by atoms with van der Waals surface area (Å²) < 4.78 is 1.88. The van der Waals surface area contributed by atoms with Crippen LogP contribution in [-0.4, -0.2) is 34.1 Å². The van der Waals surface area contributed by atoms with Gasteiger partial charge in [0, 0.05) is 11.9 Å².